The van der Waals surface area contributed by atoms with E-state index in [0.29, 0.717) is 4.90 Å². The van der Waals surface area contributed by atoms with E-state index in [9.17, 15) is 23.9 Å². The number of Topliss-reactive ketones (excluding diaryl/α,β-unsaturated/α-hetero) is 1. The molecular weight excluding hydrogens is 305 g/mol. The van der Waals surface area contributed by atoms with Crippen LogP contribution in [0.4, 0.5) is 14.9 Å². The van der Waals surface area contributed by atoms with Crippen LogP contribution in [0.25, 0.3) is 0 Å². The SMILES string of the molecule is Cc1cc2c(cc1F)N(C(=O)O)C(=O)C2C(=O)c1cnccn1. The number of carbonyl (C=O) groups is 3. The van der Waals surface area contributed by atoms with Crippen molar-refractivity contribution in [3.8, 4) is 0 Å². The average Bonchev–Trinajstić information content (AvgIpc) is 2.79. The maximum absolute atomic E-state index is 13.8. The lowest BCUT2D eigenvalue weighted by Crippen LogP contribution is -2.35. The van der Waals surface area contributed by atoms with Crippen molar-refractivity contribution in [2.45, 2.75) is 12.8 Å². The molecule has 3 rings (SSSR count). The Hall–Kier alpha value is -3.16. The normalized spacial score (nSPS) is 16.3. The third kappa shape index (κ3) is 2.24. The number of benzene rings is 1. The van der Waals surface area contributed by atoms with Crippen molar-refractivity contribution in [2.24, 2.45) is 0 Å². The zero-order valence-electron chi connectivity index (χ0n) is 11.9. The zero-order valence-corrected chi connectivity index (χ0v) is 11.9. The van der Waals surface area contributed by atoms with Gasteiger partial charge in [0, 0.05) is 12.4 Å². The van der Waals surface area contributed by atoms with Crippen molar-refractivity contribution >= 4 is 23.5 Å². The molecule has 0 saturated carbocycles. The maximum Gasteiger partial charge on any atom is 0.418 e. The summed E-state index contributed by atoms with van der Waals surface area (Å²) in [5.41, 5.74) is 0.145. The fourth-order valence-electron chi connectivity index (χ4n) is 2.52. The van der Waals surface area contributed by atoms with Gasteiger partial charge in [-0.25, -0.2) is 19.1 Å². The largest absolute Gasteiger partial charge is 0.464 e. The van der Waals surface area contributed by atoms with Crippen LogP contribution in [0.3, 0.4) is 0 Å². The first-order chi connectivity index (χ1) is 10.9. The molecular formula is C15H10FN3O4. The Kier molecular flexibility index (Phi) is 3.36. The van der Waals surface area contributed by atoms with Crippen LogP contribution in [-0.4, -0.2) is 32.9 Å². The van der Waals surface area contributed by atoms with E-state index >= 15 is 0 Å². The lowest BCUT2D eigenvalue weighted by Gasteiger charge is -2.11. The molecule has 8 heteroatoms. The van der Waals surface area contributed by atoms with Gasteiger partial charge >= 0.3 is 6.09 Å². The lowest BCUT2D eigenvalue weighted by atomic mass is 9.93. The third-order valence-electron chi connectivity index (χ3n) is 3.60. The number of amides is 2. The first-order valence-corrected chi connectivity index (χ1v) is 6.59. The number of hydrogen-bond donors (Lipinski definition) is 1. The molecule has 23 heavy (non-hydrogen) atoms. The summed E-state index contributed by atoms with van der Waals surface area (Å²) in [6.07, 6.45) is 2.27. The summed E-state index contributed by atoms with van der Waals surface area (Å²) >= 11 is 0. The van der Waals surface area contributed by atoms with Gasteiger partial charge in [0.25, 0.3) is 5.91 Å². The number of rotatable bonds is 2. The molecule has 2 amide bonds. The molecule has 1 aromatic carbocycles. The van der Waals surface area contributed by atoms with Crippen LogP contribution in [0.15, 0.2) is 30.7 Å². The minimum atomic E-state index is -1.58. The van der Waals surface area contributed by atoms with E-state index in [0.717, 1.165) is 6.07 Å². The van der Waals surface area contributed by atoms with Crippen molar-refractivity contribution in [3.05, 3.63) is 53.4 Å². The van der Waals surface area contributed by atoms with Crippen molar-refractivity contribution < 1.29 is 23.9 Å². The summed E-state index contributed by atoms with van der Waals surface area (Å²) in [7, 11) is 0. The Morgan fingerprint density at radius 2 is 2.04 bits per heavy atom. The smallest absolute Gasteiger partial charge is 0.418 e. The molecule has 1 atom stereocenters. The topological polar surface area (TPSA) is 100 Å². The standard InChI is InChI=1S/C15H10FN3O4/c1-7-4-8-11(5-9(7)16)19(15(22)23)14(21)12(8)13(20)10-6-17-2-3-18-10/h2-6,12H,1H3,(H,22,23). The molecule has 1 aromatic heterocycles. The predicted octanol–water partition coefficient (Wildman–Crippen LogP) is 1.92. The summed E-state index contributed by atoms with van der Waals surface area (Å²) < 4.78 is 13.8. The second-order valence-electron chi connectivity index (χ2n) is 5.00. The van der Waals surface area contributed by atoms with Crippen LogP contribution < -0.4 is 4.90 Å². The zero-order chi connectivity index (χ0) is 16.7. The monoisotopic (exact) mass is 315 g/mol. The van der Waals surface area contributed by atoms with Gasteiger partial charge in [0.15, 0.2) is 5.78 Å². The Labute approximate surface area is 129 Å². The molecule has 2 aromatic rings. The fourth-order valence-corrected chi connectivity index (χ4v) is 2.52. The summed E-state index contributed by atoms with van der Waals surface area (Å²) in [5, 5.41) is 9.20. The third-order valence-corrected chi connectivity index (χ3v) is 3.60. The number of anilines is 1. The molecule has 1 N–H and O–H groups in total. The fraction of sp³-hybridized carbons (Fsp3) is 0.133. The molecule has 0 fully saturated rings. The van der Waals surface area contributed by atoms with Gasteiger partial charge < -0.3 is 5.11 Å². The Bertz CT molecular complexity index is 838. The van der Waals surface area contributed by atoms with Crippen molar-refractivity contribution in [1.29, 1.82) is 0 Å². The van der Waals surface area contributed by atoms with Gasteiger partial charge in [-0.3, -0.25) is 14.6 Å². The summed E-state index contributed by atoms with van der Waals surface area (Å²) in [6.45, 7) is 1.47. The minimum absolute atomic E-state index is 0.0639. The van der Waals surface area contributed by atoms with E-state index in [2.05, 4.69) is 9.97 Å². The number of imide groups is 1. The van der Waals surface area contributed by atoms with Gasteiger partial charge in [-0.2, -0.15) is 0 Å². The highest BCUT2D eigenvalue weighted by Crippen LogP contribution is 2.40. The van der Waals surface area contributed by atoms with Crippen molar-refractivity contribution in [1.82, 2.24) is 9.97 Å². The molecule has 2 heterocycles. The molecule has 0 radical (unpaired) electrons. The minimum Gasteiger partial charge on any atom is -0.464 e. The molecule has 0 saturated heterocycles. The van der Waals surface area contributed by atoms with Crippen molar-refractivity contribution in [2.75, 3.05) is 4.90 Å². The van der Waals surface area contributed by atoms with E-state index < -0.39 is 29.5 Å². The number of nitrogens with zero attached hydrogens (tertiary/aromatic N) is 3. The second-order valence-corrected chi connectivity index (χ2v) is 5.00. The highest BCUT2D eigenvalue weighted by Gasteiger charge is 2.46. The number of hydrogen-bond acceptors (Lipinski definition) is 5. The molecule has 1 aliphatic rings. The Balaban J connectivity index is 2.16. The predicted molar refractivity (Wildman–Crippen MR) is 75.8 cm³/mol. The molecule has 1 unspecified atom stereocenters. The number of aromatic nitrogens is 2. The van der Waals surface area contributed by atoms with Gasteiger partial charge in [0.05, 0.1) is 11.9 Å². The number of carboxylic acid groups (broad SMARTS) is 1. The number of carbonyl (C=O) groups excluding carboxylic acids is 2. The van der Waals surface area contributed by atoms with Crippen LogP contribution in [0.2, 0.25) is 0 Å². The van der Waals surface area contributed by atoms with Crippen LogP contribution in [0, 0.1) is 12.7 Å². The number of aryl methyl sites for hydroxylation is 1. The van der Waals surface area contributed by atoms with Crippen LogP contribution in [-0.2, 0) is 4.79 Å². The number of fused-ring (bicyclic) bond motifs is 1. The molecule has 0 bridgehead atoms. The highest BCUT2D eigenvalue weighted by atomic mass is 19.1. The van der Waals surface area contributed by atoms with E-state index in [1.165, 1.54) is 31.6 Å². The van der Waals surface area contributed by atoms with E-state index in [1.54, 1.807) is 0 Å². The molecule has 116 valence electrons. The van der Waals surface area contributed by atoms with Gasteiger partial charge in [-0.1, -0.05) is 0 Å². The van der Waals surface area contributed by atoms with Crippen LogP contribution >= 0.6 is 0 Å². The molecule has 0 aliphatic carbocycles. The highest BCUT2D eigenvalue weighted by molar-refractivity contribution is 6.28. The maximum atomic E-state index is 13.8. The van der Waals surface area contributed by atoms with Gasteiger partial charge in [-0.05, 0) is 30.2 Å². The summed E-state index contributed by atoms with van der Waals surface area (Å²) in [5.74, 6) is -3.67. The van der Waals surface area contributed by atoms with Gasteiger partial charge in [0.2, 0.25) is 0 Å². The quantitative estimate of drug-likeness (QED) is 0.671. The number of halogens is 1. The summed E-state index contributed by atoms with van der Waals surface area (Å²) in [6, 6.07) is 2.26. The Morgan fingerprint density at radius 3 is 2.65 bits per heavy atom. The van der Waals surface area contributed by atoms with Crippen LogP contribution in [0.5, 0.6) is 0 Å². The first kappa shape index (κ1) is 14.8. The molecule has 7 nitrogen and oxygen atoms in total. The second kappa shape index (κ2) is 5.24. The number of ketones is 1. The van der Waals surface area contributed by atoms with Gasteiger partial charge in [0.1, 0.15) is 17.4 Å². The first-order valence-electron chi connectivity index (χ1n) is 6.59. The summed E-state index contributed by atoms with van der Waals surface area (Å²) in [4.78, 5) is 44.2. The average molecular weight is 315 g/mol. The van der Waals surface area contributed by atoms with Crippen LogP contribution in [0.1, 0.15) is 27.5 Å². The van der Waals surface area contributed by atoms with E-state index in [1.807, 2.05) is 0 Å². The molecule has 0 spiro atoms. The van der Waals surface area contributed by atoms with Gasteiger partial charge in [-0.15, -0.1) is 0 Å². The molecule has 1 aliphatic heterocycles. The van der Waals surface area contributed by atoms with E-state index in [4.69, 9.17) is 0 Å². The van der Waals surface area contributed by atoms with Crippen molar-refractivity contribution in [3.63, 3.8) is 0 Å². The Morgan fingerprint density at radius 1 is 1.30 bits per heavy atom. The lowest BCUT2D eigenvalue weighted by molar-refractivity contribution is -0.117. The van der Waals surface area contributed by atoms with E-state index in [-0.39, 0.29) is 22.5 Å².